The number of nitrogens with two attached hydrogens (primary N) is 1. The van der Waals surface area contributed by atoms with Gasteiger partial charge in [-0.05, 0) is 42.2 Å². The second kappa shape index (κ2) is 5.88. The number of fused-ring (bicyclic) bond motifs is 1. The Labute approximate surface area is 134 Å². The van der Waals surface area contributed by atoms with Crippen LogP contribution in [0.1, 0.15) is 11.1 Å². The minimum absolute atomic E-state index is 0.164. The number of benzene rings is 2. The van der Waals surface area contributed by atoms with Gasteiger partial charge in [0, 0.05) is 22.0 Å². The second-order valence-corrected chi connectivity index (χ2v) is 6.47. The van der Waals surface area contributed by atoms with Gasteiger partial charge in [0.25, 0.3) is 0 Å². The summed E-state index contributed by atoms with van der Waals surface area (Å²) in [6.07, 6.45) is 1.59. The molecule has 1 heterocycles. The van der Waals surface area contributed by atoms with E-state index in [2.05, 4.69) is 6.07 Å². The van der Waals surface area contributed by atoms with Gasteiger partial charge in [-0.2, -0.15) is 0 Å². The zero-order valence-corrected chi connectivity index (χ0v) is 13.1. The minimum Gasteiger partial charge on any atom is -0.493 e. The van der Waals surface area contributed by atoms with Crippen LogP contribution in [0.2, 0.25) is 10.0 Å². The van der Waals surface area contributed by atoms with E-state index in [1.54, 1.807) is 0 Å². The fraction of sp³-hybridized carbons (Fsp3) is 0.294. The largest absolute Gasteiger partial charge is 0.493 e. The van der Waals surface area contributed by atoms with E-state index in [1.165, 1.54) is 5.56 Å². The quantitative estimate of drug-likeness (QED) is 0.923. The molecule has 0 radical (unpaired) electrons. The molecule has 1 aliphatic rings. The lowest BCUT2D eigenvalue weighted by atomic mass is 9.75. The van der Waals surface area contributed by atoms with Crippen LogP contribution in [0.4, 0.5) is 0 Å². The van der Waals surface area contributed by atoms with Crippen LogP contribution in [0.3, 0.4) is 0 Å². The molecule has 2 aromatic rings. The van der Waals surface area contributed by atoms with Crippen LogP contribution in [0.5, 0.6) is 5.75 Å². The molecule has 110 valence electrons. The van der Waals surface area contributed by atoms with Crippen LogP contribution in [-0.4, -0.2) is 13.2 Å². The molecule has 0 aromatic heterocycles. The second-order valence-electron chi connectivity index (χ2n) is 5.65. The highest BCUT2D eigenvalue weighted by molar-refractivity contribution is 6.36. The lowest BCUT2D eigenvalue weighted by Crippen LogP contribution is -2.43. The van der Waals surface area contributed by atoms with E-state index in [-0.39, 0.29) is 5.41 Å². The van der Waals surface area contributed by atoms with Gasteiger partial charge in [-0.1, -0.05) is 47.5 Å². The first-order valence-electron chi connectivity index (χ1n) is 6.97. The summed E-state index contributed by atoms with van der Waals surface area (Å²) in [5.74, 6) is 0.951. The summed E-state index contributed by atoms with van der Waals surface area (Å²) in [7, 11) is 0. The summed E-state index contributed by atoms with van der Waals surface area (Å²) in [6.45, 7) is 1.12. The molecule has 1 aliphatic heterocycles. The number of hydrogen-bond donors (Lipinski definition) is 1. The molecule has 1 atom stereocenters. The van der Waals surface area contributed by atoms with E-state index in [4.69, 9.17) is 33.7 Å². The molecule has 2 N–H and O–H groups in total. The SMILES string of the molecule is NCC1(Cc2c(Cl)cccc2Cl)COc2ccccc2C1. The van der Waals surface area contributed by atoms with E-state index < -0.39 is 0 Å². The predicted octanol–water partition coefficient (Wildman–Crippen LogP) is 4.12. The molecule has 2 nitrogen and oxygen atoms in total. The first kappa shape index (κ1) is 14.7. The zero-order chi connectivity index (χ0) is 14.9. The third-order valence-corrected chi connectivity index (χ3v) is 4.83. The molecule has 0 saturated heterocycles. The van der Waals surface area contributed by atoms with Gasteiger partial charge >= 0.3 is 0 Å². The van der Waals surface area contributed by atoms with E-state index in [9.17, 15) is 0 Å². The van der Waals surface area contributed by atoms with Gasteiger partial charge in [0.15, 0.2) is 0 Å². The molecule has 2 aromatic carbocycles. The molecule has 0 amide bonds. The Kier molecular flexibility index (Phi) is 4.12. The summed E-state index contributed by atoms with van der Waals surface area (Å²) in [5.41, 5.74) is 8.06. The average molecular weight is 322 g/mol. The van der Waals surface area contributed by atoms with Crippen LogP contribution in [0, 0.1) is 5.41 Å². The first-order valence-corrected chi connectivity index (χ1v) is 7.73. The zero-order valence-electron chi connectivity index (χ0n) is 11.6. The lowest BCUT2D eigenvalue weighted by molar-refractivity contribution is 0.126. The molecular formula is C17H17Cl2NO. The highest BCUT2D eigenvalue weighted by Crippen LogP contribution is 2.39. The fourth-order valence-corrected chi connectivity index (χ4v) is 3.40. The van der Waals surface area contributed by atoms with Crippen LogP contribution < -0.4 is 10.5 Å². The molecule has 21 heavy (non-hydrogen) atoms. The highest BCUT2D eigenvalue weighted by atomic mass is 35.5. The van der Waals surface area contributed by atoms with Gasteiger partial charge in [0.2, 0.25) is 0 Å². The summed E-state index contributed by atoms with van der Waals surface area (Å²) in [5, 5.41) is 1.38. The molecular weight excluding hydrogens is 305 g/mol. The maximum atomic E-state index is 6.30. The number of ether oxygens (including phenoxy) is 1. The van der Waals surface area contributed by atoms with Crippen LogP contribution in [-0.2, 0) is 12.8 Å². The summed E-state index contributed by atoms with van der Waals surface area (Å²) in [4.78, 5) is 0. The van der Waals surface area contributed by atoms with Crippen molar-refractivity contribution in [3.63, 3.8) is 0 Å². The normalized spacial score (nSPS) is 20.7. The highest BCUT2D eigenvalue weighted by Gasteiger charge is 2.36. The number of hydrogen-bond acceptors (Lipinski definition) is 2. The summed E-state index contributed by atoms with van der Waals surface area (Å²) >= 11 is 12.6. The van der Waals surface area contributed by atoms with Crippen molar-refractivity contribution in [2.45, 2.75) is 12.8 Å². The van der Waals surface area contributed by atoms with E-state index in [0.717, 1.165) is 24.2 Å². The molecule has 4 heteroatoms. The van der Waals surface area contributed by atoms with Gasteiger partial charge < -0.3 is 10.5 Å². The van der Waals surface area contributed by atoms with Crippen molar-refractivity contribution in [2.24, 2.45) is 11.1 Å². The Balaban J connectivity index is 1.93. The van der Waals surface area contributed by atoms with Crippen molar-refractivity contribution in [1.82, 2.24) is 0 Å². The van der Waals surface area contributed by atoms with Crippen molar-refractivity contribution in [3.8, 4) is 5.75 Å². The third kappa shape index (κ3) is 2.89. The Bertz CT molecular complexity index is 639. The van der Waals surface area contributed by atoms with Gasteiger partial charge in [0.05, 0.1) is 6.61 Å². The smallest absolute Gasteiger partial charge is 0.122 e. The Morgan fingerprint density at radius 3 is 2.48 bits per heavy atom. The molecule has 0 fully saturated rings. The lowest BCUT2D eigenvalue weighted by Gasteiger charge is -2.37. The molecule has 0 bridgehead atoms. The fourth-order valence-electron chi connectivity index (χ4n) is 2.87. The Morgan fingerprint density at radius 1 is 1.05 bits per heavy atom. The summed E-state index contributed by atoms with van der Waals surface area (Å²) in [6, 6.07) is 13.7. The molecule has 0 aliphatic carbocycles. The van der Waals surface area contributed by atoms with Gasteiger partial charge in [-0.25, -0.2) is 0 Å². The van der Waals surface area contributed by atoms with Crippen molar-refractivity contribution in [3.05, 3.63) is 63.6 Å². The van der Waals surface area contributed by atoms with Gasteiger partial charge in [-0.15, -0.1) is 0 Å². The van der Waals surface area contributed by atoms with Crippen LogP contribution >= 0.6 is 23.2 Å². The predicted molar refractivity (Wildman–Crippen MR) is 87.3 cm³/mol. The number of para-hydroxylation sites is 1. The Hall–Kier alpha value is -1.22. The van der Waals surface area contributed by atoms with Gasteiger partial charge in [-0.3, -0.25) is 0 Å². The minimum atomic E-state index is -0.164. The van der Waals surface area contributed by atoms with Crippen molar-refractivity contribution in [2.75, 3.05) is 13.2 Å². The number of rotatable bonds is 3. The standard InChI is InChI=1S/C17H17Cl2NO/c18-14-5-3-6-15(19)13(14)9-17(10-20)8-12-4-1-2-7-16(12)21-11-17/h1-7H,8-11,20H2. The van der Waals surface area contributed by atoms with Crippen LogP contribution in [0.25, 0.3) is 0 Å². The molecule has 1 unspecified atom stereocenters. The maximum Gasteiger partial charge on any atom is 0.122 e. The van der Waals surface area contributed by atoms with Crippen molar-refractivity contribution >= 4 is 23.2 Å². The summed E-state index contributed by atoms with van der Waals surface area (Å²) < 4.78 is 5.92. The molecule has 3 rings (SSSR count). The Morgan fingerprint density at radius 2 is 1.76 bits per heavy atom. The van der Waals surface area contributed by atoms with E-state index in [1.807, 2.05) is 36.4 Å². The monoisotopic (exact) mass is 321 g/mol. The van der Waals surface area contributed by atoms with Crippen molar-refractivity contribution in [1.29, 1.82) is 0 Å². The first-order chi connectivity index (χ1) is 10.1. The maximum absolute atomic E-state index is 6.30. The molecule has 0 spiro atoms. The topological polar surface area (TPSA) is 35.2 Å². The average Bonchev–Trinajstić information content (AvgIpc) is 2.51. The molecule has 0 saturated carbocycles. The van der Waals surface area contributed by atoms with Crippen LogP contribution in [0.15, 0.2) is 42.5 Å². The van der Waals surface area contributed by atoms with Crippen molar-refractivity contribution < 1.29 is 4.74 Å². The third-order valence-electron chi connectivity index (χ3n) is 4.12. The number of halogens is 2. The van der Waals surface area contributed by atoms with Gasteiger partial charge in [0.1, 0.15) is 5.75 Å². The van der Waals surface area contributed by atoms with E-state index >= 15 is 0 Å². The van der Waals surface area contributed by atoms with E-state index in [0.29, 0.717) is 23.2 Å².